The molecule has 5 aliphatic rings. The van der Waals surface area contributed by atoms with Crippen LogP contribution in [0, 0.1) is 5.92 Å². The Labute approximate surface area is 235 Å². The lowest BCUT2D eigenvalue weighted by Gasteiger charge is -2.30. The number of aromatic nitrogens is 3. The smallest absolute Gasteiger partial charge is 0.248 e. The van der Waals surface area contributed by atoms with Gasteiger partial charge in [0.05, 0.1) is 5.71 Å². The minimum atomic E-state index is -0.215. The molecule has 0 radical (unpaired) electrons. The van der Waals surface area contributed by atoms with E-state index in [-0.39, 0.29) is 6.17 Å². The number of hydrogen-bond acceptors (Lipinski definition) is 7. The Hall–Kier alpha value is -3.65. The molecule has 3 aromatic rings. The molecule has 3 heterocycles. The van der Waals surface area contributed by atoms with Crippen LogP contribution in [-0.2, 0) is 19.3 Å². The zero-order chi connectivity index (χ0) is 26.8. The predicted molar refractivity (Wildman–Crippen MR) is 159 cm³/mol. The molecule has 1 saturated carbocycles. The van der Waals surface area contributed by atoms with Crippen molar-refractivity contribution in [3.8, 4) is 0 Å². The second-order valence-corrected chi connectivity index (χ2v) is 12.3. The fraction of sp³-hybridized carbons (Fsp3) is 0.469. The highest BCUT2D eigenvalue weighted by molar-refractivity contribution is 6.14. The first-order chi connectivity index (χ1) is 19.6. The van der Waals surface area contributed by atoms with Crippen LogP contribution in [0.5, 0.6) is 0 Å². The number of nitrogens with two attached hydrogens (primary N) is 1. The molecule has 1 saturated heterocycles. The minimum absolute atomic E-state index is 0.215. The summed E-state index contributed by atoms with van der Waals surface area (Å²) in [5.41, 5.74) is 15.3. The van der Waals surface area contributed by atoms with E-state index in [0.717, 1.165) is 55.1 Å². The first-order valence-electron chi connectivity index (χ1n) is 15.1. The number of hydrogen-bond donors (Lipinski definition) is 2. The number of fused-ring (bicyclic) bond motifs is 5. The van der Waals surface area contributed by atoms with Crippen molar-refractivity contribution >= 4 is 23.3 Å². The van der Waals surface area contributed by atoms with E-state index in [2.05, 4.69) is 63.7 Å². The van der Waals surface area contributed by atoms with Crippen LogP contribution in [0.25, 0.3) is 0 Å². The van der Waals surface area contributed by atoms with E-state index < -0.39 is 0 Å². The van der Waals surface area contributed by atoms with Gasteiger partial charge >= 0.3 is 0 Å². The van der Waals surface area contributed by atoms with Crippen LogP contribution in [0.4, 0.5) is 17.6 Å². The van der Waals surface area contributed by atoms with Gasteiger partial charge in [-0.2, -0.15) is 10.1 Å². The lowest BCUT2D eigenvalue weighted by molar-refractivity contribution is 0.195. The first-order valence-corrected chi connectivity index (χ1v) is 15.1. The Kier molecular flexibility index (Phi) is 5.73. The molecule has 1 aromatic heterocycles. The maximum Gasteiger partial charge on any atom is 0.248 e. The van der Waals surface area contributed by atoms with E-state index in [1.165, 1.54) is 66.5 Å². The van der Waals surface area contributed by atoms with Gasteiger partial charge in [-0.3, -0.25) is 9.91 Å². The highest BCUT2D eigenvalue weighted by Crippen LogP contribution is 2.46. The van der Waals surface area contributed by atoms with Crippen LogP contribution in [-0.4, -0.2) is 56.1 Å². The lowest BCUT2D eigenvalue weighted by Crippen LogP contribution is -2.35. The molecule has 0 amide bonds. The quantitative estimate of drug-likeness (QED) is 0.455. The van der Waals surface area contributed by atoms with Crippen molar-refractivity contribution < 1.29 is 0 Å². The van der Waals surface area contributed by atoms with Crippen molar-refractivity contribution in [3.63, 3.8) is 0 Å². The van der Waals surface area contributed by atoms with E-state index in [1.54, 1.807) is 4.68 Å². The largest absolute Gasteiger partial charge is 0.368 e. The third-order valence-corrected chi connectivity index (χ3v) is 9.86. The number of nitrogen functional groups attached to an aromatic ring is 1. The number of anilines is 3. The van der Waals surface area contributed by atoms with Crippen molar-refractivity contribution in [2.24, 2.45) is 11.0 Å². The summed E-state index contributed by atoms with van der Waals surface area (Å²) < 4.78 is 1.78. The van der Waals surface area contributed by atoms with Gasteiger partial charge in [-0.25, -0.2) is 4.68 Å². The SMILES string of the molecule is CN1N=C2C(=CC1n1nc(Nc3ccc4c(c3)CC[C@@H](N3CC[C@@H]5C[C@@H]53)CC4)nc1N)CCCc1ccccc12. The van der Waals surface area contributed by atoms with E-state index >= 15 is 0 Å². The molecule has 1 unspecified atom stereocenters. The summed E-state index contributed by atoms with van der Waals surface area (Å²) in [6, 6.07) is 17.0. The molecule has 2 aliphatic heterocycles. The average Bonchev–Trinajstić information content (AvgIpc) is 3.60. The molecular formula is C32H38N8. The standard InChI is InChI=1S/C32H38N8/c1-38-29(19-24-7-4-6-21-5-2-3-8-27(21)30(24)36-38)40-31(33)35-32(37-40)34-25-12-9-20-10-13-26(14-11-22(20)17-25)39-16-15-23-18-28(23)39/h2-3,5,8-9,12,17,19,23,26,28-29H,4,6-7,10-11,13-16,18H2,1H3,(H3,33,34,35,37)/t23-,26+,28+,29?/m1/s1. The number of hydrazone groups is 1. The summed E-state index contributed by atoms with van der Waals surface area (Å²) in [7, 11) is 1.98. The van der Waals surface area contributed by atoms with Gasteiger partial charge in [0.25, 0.3) is 0 Å². The zero-order valence-electron chi connectivity index (χ0n) is 23.3. The molecule has 8 rings (SSSR count). The first kappa shape index (κ1) is 24.2. The Morgan fingerprint density at radius 1 is 0.950 bits per heavy atom. The molecule has 2 fully saturated rings. The number of likely N-dealkylation sites (N-methyl/N-ethyl adjacent to an activating group) is 1. The van der Waals surface area contributed by atoms with Gasteiger partial charge in [-0.05, 0) is 111 Å². The van der Waals surface area contributed by atoms with Gasteiger partial charge in [-0.1, -0.05) is 30.3 Å². The van der Waals surface area contributed by atoms with Gasteiger partial charge in [-0.15, -0.1) is 5.10 Å². The summed E-state index contributed by atoms with van der Waals surface area (Å²) >= 11 is 0. The van der Waals surface area contributed by atoms with Crippen molar-refractivity contribution in [2.75, 3.05) is 24.6 Å². The number of likely N-dealkylation sites (tertiary alicyclic amines) is 1. The van der Waals surface area contributed by atoms with Crippen LogP contribution in [0.1, 0.15) is 66.9 Å². The molecule has 3 N–H and O–H groups in total. The van der Waals surface area contributed by atoms with E-state index in [0.29, 0.717) is 11.9 Å². The maximum absolute atomic E-state index is 6.42. The molecule has 4 atom stereocenters. The molecular weight excluding hydrogens is 496 g/mol. The maximum atomic E-state index is 6.42. The molecule has 0 bridgehead atoms. The van der Waals surface area contributed by atoms with Gasteiger partial charge in [0, 0.05) is 30.4 Å². The number of benzene rings is 2. The molecule has 40 heavy (non-hydrogen) atoms. The van der Waals surface area contributed by atoms with Crippen molar-refractivity contribution in [1.82, 2.24) is 24.7 Å². The fourth-order valence-corrected chi connectivity index (χ4v) is 7.64. The Bertz CT molecular complexity index is 1520. The molecule has 2 aromatic carbocycles. The van der Waals surface area contributed by atoms with Crippen LogP contribution in [0.3, 0.4) is 0 Å². The topological polar surface area (TPSA) is 87.6 Å². The van der Waals surface area contributed by atoms with Gasteiger partial charge in [0.2, 0.25) is 11.9 Å². The summed E-state index contributed by atoms with van der Waals surface area (Å²) in [6.07, 6.45) is 12.9. The van der Waals surface area contributed by atoms with Gasteiger partial charge in [0.15, 0.2) is 6.17 Å². The number of rotatable bonds is 4. The highest BCUT2D eigenvalue weighted by atomic mass is 15.6. The number of nitrogens with zero attached hydrogens (tertiary/aromatic N) is 6. The van der Waals surface area contributed by atoms with Crippen LogP contribution < -0.4 is 11.1 Å². The minimum Gasteiger partial charge on any atom is -0.368 e. The van der Waals surface area contributed by atoms with Crippen LogP contribution in [0.2, 0.25) is 0 Å². The van der Waals surface area contributed by atoms with Crippen LogP contribution in [0.15, 0.2) is 59.2 Å². The van der Waals surface area contributed by atoms with Crippen LogP contribution >= 0.6 is 0 Å². The Balaban J connectivity index is 0.999. The van der Waals surface area contributed by atoms with E-state index in [1.807, 2.05) is 12.1 Å². The average molecular weight is 535 g/mol. The molecule has 0 spiro atoms. The predicted octanol–water partition coefficient (Wildman–Crippen LogP) is 5.06. The molecule has 8 nitrogen and oxygen atoms in total. The molecule has 8 heteroatoms. The number of aryl methyl sites for hydroxylation is 3. The Morgan fingerprint density at radius 2 is 1.82 bits per heavy atom. The number of nitrogens with one attached hydrogen (secondary N) is 1. The fourth-order valence-electron chi connectivity index (χ4n) is 7.64. The monoisotopic (exact) mass is 534 g/mol. The lowest BCUT2D eigenvalue weighted by atomic mass is 9.97. The normalized spacial score (nSPS) is 27.4. The van der Waals surface area contributed by atoms with Crippen molar-refractivity contribution in [1.29, 1.82) is 0 Å². The summed E-state index contributed by atoms with van der Waals surface area (Å²) in [4.78, 5) is 7.42. The van der Waals surface area contributed by atoms with Gasteiger partial charge < -0.3 is 11.1 Å². The third-order valence-electron chi connectivity index (χ3n) is 9.86. The van der Waals surface area contributed by atoms with Crippen molar-refractivity contribution in [3.05, 3.63) is 76.4 Å². The second-order valence-electron chi connectivity index (χ2n) is 12.3. The Morgan fingerprint density at radius 3 is 2.67 bits per heavy atom. The summed E-state index contributed by atoms with van der Waals surface area (Å²) in [6.45, 7) is 1.31. The molecule has 3 aliphatic carbocycles. The van der Waals surface area contributed by atoms with E-state index in [4.69, 9.17) is 15.9 Å². The highest BCUT2D eigenvalue weighted by Gasteiger charge is 2.48. The van der Waals surface area contributed by atoms with E-state index in [9.17, 15) is 0 Å². The molecule has 206 valence electrons. The number of allylic oxidation sites excluding steroid dienone is 1. The number of piperidine rings is 1. The zero-order valence-corrected chi connectivity index (χ0v) is 23.3. The summed E-state index contributed by atoms with van der Waals surface area (Å²) in [5, 5.41) is 15.2. The van der Waals surface area contributed by atoms with Gasteiger partial charge in [0.1, 0.15) is 0 Å². The van der Waals surface area contributed by atoms with Crippen molar-refractivity contribution in [2.45, 2.75) is 76.0 Å². The third kappa shape index (κ3) is 4.20. The second kappa shape index (κ2) is 9.47. The summed E-state index contributed by atoms with van der Waals surface area (Å²) in [5.74, 6) is 1.91.